The predicted molar refractivity (Wildman–Crippen MR) is 104 cm³/mol. The highest BCUT2D eigenvalue weighted by Crippen LogP contribution is 2.31. The van der Waals surface area contributed by atoms with Crippen LogP contribution in [0.4, 0.5) is 0 Å². The number of ether oxygens (including phenoxy) is 1. The lowest BCUT2D eigenvalue weighted by molar-refractivity contribution is 0.317. The van der Waals surface area contributed by atoms with Gasteiger partial charge in [-0.2, -0.15) is 0 Å². The fourth-order valence-corrected chi connectivity index (χ4v) is 4.85. The second kappa shape index (κ2) is 6.95. The Morgan fingerprint density at radius 1 is 1.12 bits per heavy atom. The van der Waals surface area contributed by atoms with E-state index in [2.05, 4.69) is 32.3 Å². The number of aromatic nitrogens is 2. The summed E-state index contributed by atoms with van der Waals surface area (Å²) >= 11 is 1.52. The van der Waals surface area contributed by atoms with Gasteiger partial charge in [-0.3, -0.25) is 4.98 Å². The van der Waals surface area contributed by atoms with Gasteiger partial charge in [0, 0.05) is 32.0 Å². The Bertz CT molecular complexity index is 849. The van der Waals surface area contributed by atoms with Crippen molar-refractivity contribution in [1.82, 2.24) is 20.2 Å². The highest BCUT2D eigenvalue weighted by molar-refractivity contribution is 7.20. The Labute approximate surface area is 157 Å². The Balaban J connectivity index is 1.18. The fourth-order valence-electron chi connectivity index (χ4n) is 4.05. The maximum absolute atomic E-state index is 5.91. The summed E-state index contributed by atoms with van der Waals surface area (Å²) in [6.07, 6.45) is 4.68. The second-order valence-corrected chi connectivity index (χ2v) is 8.25. The number of fused-ring (bicyclic) bond motifs is 2. The lowest BCUT2D eigenvalue weighted by atomic mass is 10.0. The minimum absolute atomic E-state index is 0.665. The number of thiazole rings is 1. The standard InChI is InChI=1S/C20H22N4OS/c1-3-17(25-20-23-18-5-7-21-11-19(18)26-20)4-2-14(1)6-8-24-12-15-9-22-10-16(15)13-24/h1-5,7,11,15-16,22H,6,8-10,12-13H2. The van der Waals surface area contributed by atoms with Crippen LogP contribution in [0.1, 0.15) is 5.56 Å². The molecule has 2 aliphatic heterocycles. The molecule has 0 spiro atoms. The minimum Gasteiger partial charge on any atom is -0.431 e. The monoisotopic (exact) mass is 366 g/mol. The summed E-state index contributed by atoms with van der Waals surface area (Å²) in [5.41, 5.74) is 2.29. The Morgan fingerprint density at radius 3 is 2.69 bits per heavy atom. The number of hydrogen-bond acceptors (Lipinski definition) is 6. The number of hydrogen-bond donors (Lipinski definition) is 1. The van der Waals surface area contributed by atoms with Gasteiger partial charge in [0.2, 0.25) is 0 Å². The lowest BCUT2D eigenvalue weighted by Gasteiger charge is -2.16. The van der Waals surface area contributed by atoms with E-state index in [1.807, 2.05) is 24.4 Å². The summed E-state index contributed by atoms with van der Waals surface area (Å²) < 4.78 is 6.95. The van der Waals surface area contributed by atoms with E-state index in [0.29, 0.717) is 5.19 Å². The predicted octanol–water partition coefficient (Wildman–Crippen LogP) is 3.18. The highest BCUT2D eigenvalue weighted by atomic mass is 32.1. The summed E-state index contributed by atoms with van der Waals surface area (Å²) in [6.45, 7) is 6.07. The number of nitrogens with one attached hydrogen (secondary N) is 1. The summed E-state index contributed by atoms with van der Waals surface area (Å²) in [5.74, 6) is 2.58. The second-order valence-electron chi connectivity index (χ2n) is 7.26. The highest BCUT2D eigenvalue weighted by Gasteiger charge is 2.35. The molecule has 2 fully saturated rings. The van der Waals surface area contributed by atoms with E-state index < -0.39 is 0 Å². The zero-order chi connectivity index (χ0) is 17.3. The molecule has 0 amide bonds. The van der Waals surface area contributed by atoms with Crippen molar-refractivity contribution in [2.45, 2.75) is 6.42 Å². The van der Waals surface area contributed by atoms with Crippen LogP contribution in [0.2, 0.25) is 0 Å². The molecule has 2 atom stereocenters. The summed E-state index contributed by atoms with van der Waals surface area (Å²) in [5, 5.41) is 4.17. The number of likely N-dealkylation sites (tertiary alicyclic amines) is 1. The molecule has 26 heavy (non-hydrogen) atoms. The van der Waals surface area contributed by atoms with E-state index in [1.54, 1.807) is 6.20 Å². The van der Waals surface area contributed by atoms with Crippen LogP contribution in [-0.2, 0) is 6.42 Å². The quantitative estimate of drug-likeness (QED) is 0.752. The SMILES string of the molecule is c1cc2nc(Oc3ccc(CCN4CC5CNCC5C4)cc3)sc2cn1. The summed E-state index contributed by atoms with van der Waals surface area (Å²) in [6, 6.07) is 10.3. The number of pyridine rings is 1. The molecule has 2 unspecified atom stereocenters. The van der Waals surface area contributed by atoms with Gasteiger partial charge >= 0.3 is 0 Å². The van der Waals surface area contributed by atoms with Crippen molar-refractivity contribution in [3.63, 3.8) is 0 Å². The number of benzene rings is 1. The third-order valence-corrected chi connectivity index (χ3v) is 6.37. The molecule has 1 aromatic carbocycles. The molecule has 4 heterocycles. The summed E-state index contributed by atoms with van der Waals surface area (Å²) in [7, 11) is 0. The Kier molecular flexibility index (Phi) is 4.32. The van der Waals surface area contributed by atoms with Crippen molar-refractivity contribution in [3.05, 3.63) is 48.3 Å². The van der Waals surface area contributed by atoms with E-state index in [0.717, 1.165) is 40.8 Å². The topological polar surface area (TPSA) is 50.3 Å². The van der Waals surface area contributed by atoms with Crippen molar-refractivity contribution in [1.29, 1.82) is 0 Å². The van der Waals surface area contributed by atoms with Crippen LogP contribution in [0, 0.1) is 11.8 Å². The molecule has 2 aromatic heterocycles. The maximum Gasteiger partial charge on any atom is 0.279 e. The molecule has 134 valence electrons. The van der Waals surface area contributed by atoms with Gasteiger partial charge in [-0.25, -0.2) is 4.98 Å². The van der Waals surface area contributed by atoms with Gasteiger partial charge in [-0.05, 0) is 55.1 Å². The Hall–Kier alpha value is -2.02. The maximum atomic E-state index is 5.91. The molecule has 5 nitrogen and oxygen atoms in total. The first kappa shape index (κ1) is 16.2. The van der Waals surface area contributed by atoms with Gasteiger partial charge < -0.3 is 15.0 Å². The van der Waals surface area contributed by atoms with Crippen molar-refractivity contribution in [3.8, 4) is 10.9 Å². The van der Waals surface area contributed by atoms with Crippen LogP contribution >= 0.6 is 11.3 Å². The van der Waals surface area contributed by atoms with Crippen LogP contribution in [0.15, 0.2) is 42.7 Å². The molecule has 2 saturated heterocycles. The lowest BCUT2D eigenvalue weighted by Crippen LogP contribution is -2.27. The van der Waals surface area contributed by atoms with Gasteiger partial charge in [0.15, 0.2) is 0 Å². The normalized spacial score (nSPS) is 22.8. The third-order valence-electron chi connectivity index (χ3n) is 5.48. The molecule has 2 aliphatic rings. The third kappa shape index (κ3) is 3.32. The van der Waals surface area contributed by atoms with Crippen LogP contribution < -0.4 is 10.1 Å². The summed E-state index contributed by atoms with van der Waals surface area (Å²) in [4.78, 5) is 11.2. The number of rotatable bonds is 5. The first-order chi connectivity index (χ1) is 12.8. The molecule has 1 N–H and O–H groups in total. The van der Waals surface area contributed by atoms with E-state index in [-0.39, 0.29) is 0 Å². The molecule has 0 radical (unpaired) electrons. The molecule has 5 rings (SSSR count). The van der Waals surface area contributed by atoms with E-state index >= 15 is 0 Å². The fraction of sp³-hybridized carbons (Fsp3) is 0.400. The molecule has 0 aliphatic carbocycles. The van der Waals surface area contributed by atoms with E-state index in [1.165, 1.54) is 43.1 Å². The zero-order valence-electron chi connectivity index (χ0n) is 14.6. The smallest absolute Gasteiger partial charge is 0.279 e. The van der Waals surface area contributed by atoms with E-state index in [4.69, 9.17) is 4.74 Å². The molecular weight excluding hydrogens is 344 g/mol. The van der Waals surface area contributed by atoms with Gasteiger partial charge in [-0.1, -0.05) is 23.5 Å². The van der Waals surface area contributed by atoms with Crippen molar-refractivity contribution in [2.24, 2.45) is 11.8 Å². The first-order valence-corrected chi connectivity index (χ1v) is 10.1. The van der Waals surface area contributed by atoms with Crippen molar-refractivity contribution < 1.29 is 4.74 Å². The van der Waals surface area contributed by atoms with Gasteiger partial charge in [0.1, 0.15) is 5.75 Å². The van der Waals surface area contributed by atoms with Gasteiger partial charge in [0.25, 0.3) is 5.19 Å². The Morgan fingerprint density at radius 2 is 1.92 bits per heavy atom. The first-order valence-electron chi connectivity index (χ1n) is 9.24. The molecule has 0 saturated carbocycles. The van der Waals surface area contributed by atoms with E-state index in [9.17, 15) is 0 Å². The van der Waals surface area contributed by atoms with Crippen LogP contribution in [0.5, 0.6) is 10.9 Å². The van der Waals surface area contributed by atoms with Crippen molar-refractivity contribution in [2.75, 3.05) is 32.7 Å². The van der Waals surface area contributed by atoms with Crippen LogP contribution in [0.3, 0.4) is 0 Å². The average Bonchev–Trinajstić information content (AvgIpc) is 3.35. The molecular formula is C20H22N4OS. The molecule has 0 bridgehead atoms. The molecule has 6 heteroatoms. The van der Waals surface area contributed by atoms with Gasteiger partial charge in [0.05, 0.1) is 10.2 Å². The minimum atomic E-state index is 0.665. The number of nitrogens with zero attached hydrogens (tertiary/aromatic N) is 3. The largest absolute Gasteiger partial charge is 0.431 e. The molecule has 3 aromatic rings. The van der Waals surface area contributed by atoms with Gasteiger partial charge in [-0.15, -0.1) is 0 Å². The zero-order valence-corrected chi connectivity index (χ0v) is 15.4. The van der Waals surface area contributed by atoms with Crippen molar-refractivity contribution >= 4 is 21.6 Å². The average molecular weight is 366 g/mol. The van der Waals surface area contributed by atoms with Crippen LogP contribution in [-0.4, -0.2) is 47.6 Å². The van der Waals surface area contributed by atoms with Crippen LogP contribution in [0.25, 0.3) is 10.2 Å².